The molecular weight excluding hydrogens is 1260 g/mol. The minimum Gasteiger partial charge on any atom is -0.361 e. The maximum absolute atomic E-state index is 13.1. The minimum absolute atomic E-state index is 0.000417. The van der Waals surface area contributed by atoms with E-state index in [1.807, 2.05) is 109 Å². The predicted octanol–water partition coefficient (Wildman–Crippen LogP) is 21.6. The van der Waals surface area contributed by atoms with Gasteiger partial charge in [0.15, 0.2) is 0 Å². The zero-order valence-corrected chi connectivity index (χ0v) is 64.2. The van der Waals surface area contributed by atoms with E-state index in [9.17, 15) is 4.79 Å². The van der Waals surface area contributed by atoms with Gasteiger partial charge in [-0.25, -0.2) is 4.68 Å². The second kappa shape index (κ2) is 34.5. The Morgan fingerprint density at radius 3 is 1.41 bits per heavy atom. The van der Waals surface area contributed by atoms with Crippen molar-refractivity contribution in [1.82, 2.24) is 15.0 Å². The number of rotatable bonds is 0. The van der Waals surface area contributed by atoms with Crippen molar-refractivity contribution in [1.29, 1.82) is 0 Å². The number of benzene rings is 8. The number of fused-ring (bicyclic) bond motifs is 11. The van der Waals surface area contributed by atoms with Gasteiger partial charge in [0, 0.05) is 85.6 Å². The summed E-state index contributed by atoms with van der Waals surface area (Å²) in [7, 11) is 0. The van der Waals surface area contributed by atoms with E-state index in [2.05, 4.69) is 308 Å². The van der Waals surface area contributed by atoms with E-state index < -0.39 is 0 Å². The number of anilines is 2. The molecule has 5 aliphatic rings. The van der Waals surface area contributed by atoms with E-state index in [0.29, 0.717) is 22.8 Å². The van der Waals surface area contributed by atoms with Crippen LogP contribution in [0.4, 0.5) is 11.4 Å². The predicted molar refractivity (Wildman–Crippen MR) is 435 cm³/mol. The molecule has 14 rings (SSSR count). The molecule has 1 aromatic heterocycles. The Kier molecular flexibility index (Phi) is 25.5. The van der Waals surface area contributed by atoms with Crippen LogP contribution < -0.4 is 9.80 Å². The van der Waals surface area contributed by atoms with Crippen LogP contribution >= 0.6 is 0 Å². The van der Waals surface area contributed by atoms with Gasteiger partial charge in [0.25, 0.3) is 5.91 Å². The first-order valence-electron chi connectivity index (χ1n) is 36.4. The molecule has 0 fully saturated rings. The Morgan fingerprint density at radius 1 is 0.413 bits per heavy atom. The molecule has 0 N–H and O–H groups in total. The Morgan fingerprint density at radius 2 is 0.856 bits per heavy atom. The molecule has 3 aliphatic carbocycles. The molecule has 6 heteroatoms. The van der Waals surface area contributed by atoms with Crippen LogP contribution in [0.15, 0.2) is 194 Å². The van der Waals surface area contributed by atoms with Gasteiger partial charge in [-0.2, -0.15) is 0 Å². The van der Waals surface area contributed by atoms with Crippen LogP contribution in [-0.2, 0) is 18.5 Å². The summed E-state index contributed by atoms with van der Waals surface area (Å²) >= 11 is 0. The summed E-state index contributed by atoms with van der Waals surface area (Å²) in [5.74, 6) is 49.6. The summed E-state index contributed by atoms with van der Waals surface area (Å²) in [5, 5.41) is 8.97. The highest BCUT2D eigenvalue weighted by Crippen LogP contribution is 2.42. The summed E-state index contributed by atoms with van der Waals surface area (Å²) in [6.07, 6.45) is 7.54. The fraction of sp³-hybridized carbons (Fsp3) is 0.316. The third-order valence-electron chi connectivity index (χ3n) is 18.4. The number of carbonyl (C=O) groups is 1. The Hall–Kier alpha value is -11.4. The van der Waals surface area contributed by atoms with Crippen LogP contribution in [0.25, 0.3) is 22.5 Å². The number of hydrogen-bond donors (Lipinski definition) is 0. The first-order valence-corrected chi connectivity index (χ1v) is 36.4. The van der Waals surface area contributed by atoms with Crippen LogP contribution in [-0.4, -0.2) is 32.0 Å². The lowest BCUT2D eigenvalue weighted by Crippen LogP contribution is -2.46. The third-order valence-corrected chi connectivity index (χ3v) is 18.4. The fourth-order valence-electron chi connectivity index (χ4n) is 12.9. The average molecular weight is 1360 g/mol. The summed E-state index contributed by atoms with van der Waals surface area (Å²) in [4.78, 5) is 17.3. The molecule has 1 amide bonds. The van der Waals surface area contributed by atoms with Crippen molar-refractivity contribution < 1.29 is 4.79 Å². The van der Waals surface area contributed by atoms with E-state index in [1.165, 1.54) is 59.2 Å². The van der Waals surface area contributed by atoms with E-state index in [1.54, 1.807) is 13.8 Å². The van der Waals surface area contributed by atoms with E-state index in [-0.39, 0.29) is 27.9 Å². The molecule has 104 heavy (non-hydrogen) atoms. The summed E-state index contributed by atoms with van der Waals surface area (Å²) in [6.45, 7) is 37.6. The summed E-state index contributed by atoms with van der Waals surface area (Å²) in [6, 6.07) is 65.7. The van der Waals surface area contributed by atoms with Crippen molar-refractivity contribution in [2.24, 2.45) is 16.7 Å². The number of carbonyl (C=O) groups excluding carboxylic acids is 1. The van der Waals surface area contributed by atoms with Crippen molar-refractivity contribution >= 4 is 17.3 Å². The summed E-state index contributed by atoms with van der Waals surface area (Å²) in [5.41, 5.74) is 19.3. The smallest absolute Gasteiger partial charge is 0.260 e. The zero-order valence-electron chi connectivity index (χ0n) is 64.2. The second-order valence-corrected chi connectivity index (χ2v) is 31.5. The highest BCUT2D eigenvalue weighted by Gasteiger charge is 2.34. The van der Waals surface area contributed by atoms with Gasteiger partial charge in [-0.15, -0.1) is 11.0 Å². The first-order chi connectivity index (χ1) is 49.7. The number of para-hydroxylation sites is 2. The van der Waals surface area contributed by atoms with E-state index in [0.717, 1.165) is 81.0 Å². The van der Waals surface area contributed by atoms with Gasteiger partial charge in [0.1, 0.15) is 5.69 Å². The van der Waals surface area contributed by atoms with Crippen molar-refractivity contribution in [3.63, 3.8) is 0 Å². The molecule has 522 valence electrons. The number of aromatic nitrogens is 3. The largest absolute Gasteiger partial charge is 0.361 e. The van der Waals surface area contributed by atoms with Gasteiger partial charge < -0.3 is 9.80 Å². The monoisotopic (exact) mass is 1360 g/mol. The van der Waals surface area contributed by atoms with Gasteiger partial charge in [0.2, 0.25) is 0 Å². The molecule has 8 aromatic carbocycles. The molecule has 0 bridgehead atoms. The van der Waals surface area contributed by atoms with E-state index >= 15 is 0 Å². The van der Waals surface area contributed by atoms with Crippen molar-refractivity contribution in [3.8, 4) is 117 Å². The Labute approximate surface area is 623 Å². The first kappa shape index (κ1) is 76.8. The maximum atomic E-state index is 13.1. The molecule has 9 aromatic rings. The Balaban J connectivity index is 0.000000148. The SMILES string of the molecule is CC#CC#CC#CC.CC(C)(C)C1C#CCCCCC1.CC(C)(C)C1Cc2ccccc2C#Cc2ccccc21.CC(C)(C)N1C(=O)c2ccccc2C#Cc2ccccc21.CC(C)(C)N1Cc2ccccc2C#Cc2ccccc21.CC(C)(C)n1nnc2c1-c1ccccc1C#Cc1ccccc1-2. The van der Waals surface area contributed by atoms with Crippen LogP contribution in [0, 0.1) is 111 Å². The van der Waals surface area contributed by atoms with Gasteiger partial charge in [-0.1, -0.05) is 252 Å². The minimum atomic E-state index is -0.320. The average Bonchev–Trinajstić information content (AvgIpc) is 1.54. The third kappa shape index (κ3) is 20.0. The lowest BCUT2D eigenvalue weighted by Gasteiger charge is -2.39. The van der Waals surface area contributed by atoms with Crippen LogP contribution in [0.1, 0.15) is 227 Å². The van der Waals surface area contributed by atoms with Gasteiger partial charge in [0.05, 0.1) is 28.2 Å². The molecule has 2 unspecified atom stereocenters. The lowest BCUT2D eigenvalue weighted by molar-refractivity contribution is 0.0965. The van der Waals surface area contributed by atoms with E-state index in [4.69, 9.17) is 0 Å². The van der Waals surface area contributed by atoms with Gasteiger partial charge in [-0.05, 0) is 219 Å². The number of amides is 1. The molecule has 2 aliphatic heterocycles. The maximum Gasteiger partial charge on any atom is 0.260 e. The molecule has 0 radical (unpaired) electrons. The zero-order chi connectivity index (χ0) is 74.7. The van der Waals surface area contributed by atoms with Crippen LogP contribution in [0.2, 0.25) is 0 Å². The molecule has 6 nitrogen and oxygen atoms in total. The Bertz CT molecular complexity index is 4960. The normalized spacial score (nSPS) is 14.5. The van der Waals surface area contributed by atoms with Crippen molar-refractivity contribution in [3.05, 3.63) is 261 Å². The highest BCUT2D eigenvalue weighted by atomic mass is 16.2. The standard InChI is InChI=1S/C20H17N3.C20H20.C19H17NO.C19H19N.C12H20.C8H6/c1-20(2,3)23-19-17-11-7-5-9-15(17)13-12-14-8-4-6-10-16(14)18(19)21-22-23;1-20(2,3)19-14-17-10-5-4-8-15(17)12-13-16-9-6-7-11-18(16)19;1-19(2,3)20-17-11-7-5-9-15(17)13-12-14-8-4-6-10-16(14)18(20)21;1-19(2,3)20-14-17-10-5-4-8-15(17)12-13-16-9-6-7-11-18(16)20;1-12(2,3)11-9-7-5-4-6-8-10-11;1-3-5-7-8-6-4-2/h4-11H,1-3H3;4-11,19H,14H2,1-3H3;4-11H,1-3H3;4-11H,14H2,1-3H3;11H,4-7,9H2,1-3H3;1-2H3. The molecule has 0 saturated carbocycles. The highest BCUT2D eigenvalue weighted by molar-refractivity contribution is 6.09. The molecule has 2 atom stereocenters. The summed E-state index contributed by atoms with van der Waals surface area (Å²) < 4.78 is 2.00. The van der Waals surface area contributed by atoms with Crippen molar-refractivity contribution in [2.45, 2.75) is 185 Å². The quantitative estimate of drug-likeness (QED) is 0.142. The second-order valence-electron chi connectivity index (χ2n) is 31.5. The topological polar surface area (TPSA) is 54.3 Å². The van der Waals surface area contributed by atoms with Gasteiger partial charge in [-0.3, -0.25) is 4.79 Å². The number of nitrogens with zero attached hydrogens (tertiary/aromatic N) is 5. The van der Waals surface area contributed by atoms with Crippen molar-refractivity contribution in [2.75, 3.05) is 9.80 Å². The lowest BCUT2D eigenvalue weighted by atomic mass is 9.71. The van der Waals surface area contributed by atoms with Crippen LogP contribution in [0.3, 0.4) is 0 Å². The fourth-order valence-corrected chi connectivity index (χ4v) is 12.9. The molecule has 3 heterocycles. The number of hydrogen-bond acceptors (Lipinski definition) is 4. The molecule has 0 spiro atoms. The van der Waals surface area contributed by atoms with Crippen LogP contribution in [0.5, 0.6) is 0 Å². The molecule has 0 saturated heterocycles. The molecular formula is C98H99N5O. The van der Waals surface area contributed by atoms with Gasteiger partial charge >= 0.3 is 0 Å².